The highest BCUT2D eigenvalue weighted by molar-refractivity contribution is 5.98. The standard InChI is InChI=1S/C32H31NO4/c34-23-10-9-20-13-24-32(36)17-30(14-21-5-1-3-19-4-2-6-22(15-30)25(19)21)28(35)29-31(32,26(20)27(23)37-29)11-12-33(24)16-18-7-8-18/h1-6,9-10,18,24,29,34,36H,7-8,11-17H2/t24-,29+,31+,32-/m1/s1. The molecule has 0 aromatic heterocycles. The van der Waals surface area contributed by atoms with Gasteiger partial charge in [0.05, 0.1) is 11.0 Å². The molecule has 2 saturated carbocycles. The van der Waals surface area contributed by atoms with Gasteiger partial charge in [0.2, 0.25) is 0 Å². The van der Waals surface area contributed by atoms with Crippen molar-refractivity contribution in [1.29, 1.82) is 0 Å². The second kappa shape index (κ2) is 6.57. The molecule has 2 aliphatic heterocycles. The molecular weight excluding hydrogens is 462 g/mol. The summed E-state index contributed by atoms with van der Waals surface area (Å²) in [7, 11) is 0. The van der Waals surface area contributed by atoms with E-state index >= 15 is 0 Å². The molecule has 2 bridgehead atoms. The molecule has 0 unspecified atom stereocenters. The topological polar surface area (TPSA) is 70.0 Å². The molecule has 3 fully saturated rings. The lowest BCUT2D eigenvalue weighted by Gasteiger charge is -2.65. The van der Waals surface area contributed by atoms with E-state index in [0.717, 1.165) is 36.6 Å². The number of carbonyl (C=O) groups is 1. The number of hydrogen-bond donors (Lipinski definition) is 2. The zero-order valence-corrected chi connectivity index (χ0v) is 20.9. The third kappa shape index (κ3) is 2.38. The van der Waals surface area contributed by atoms with E-state index in [1.807, 2.05) is 6.07 Å². The second-order valence-corrected chi connectivity index (χ2v) is 12.9. The normalized spacial score (nSPS) is 34.5. The van der Waals surface area contributed by atoms with Gasteiger partial charge in [-0.3, -0.25) is 9.69 Å². The van der Waals surface area contributed by atoms with Crippen LogP contribution in [0.15, 0.2) is 48.5 Å². The van der Waals surface area contributed by atoms with Gasteiger partial charge in [-0.2, -0.15) is 0 Å². The van der Waals surface area contributed by atoms with Gasteiger partial charge in [-0.1, -0.05) is 42.5 Å². The highest BCUT2D eigenvalue weighted by Gasteiger charge is 2.77. The molecule has 1 saturated heterocycles. The number of rotatable bonds is 2. The Morgan fingerprint density at radius 3 is 2.49 bits per heavy atom. The Hall–Kier alpha value is -2.89. The lowest BCUT2D eigenvalue weighted by Crippen LogP contribution is -2.79. The first-order chi connectivity index (χ1) is 17.9. The molecule has 2 heterocycles. The first-order valence-corrected chi connectivity index (χ1v) is 14.0. The molecule has 4 aliphatic carbocycles. The third-order valence-corrected chi connectivity index (χ3v) is 11.0. The first-order valence-electron chi connectivity index (χ1n) is 14.0. The average Bonchev–Trinajstić information content (AvgIpc) is 3.62. The molecule has 3 aromatic rings. The maximum absolute atomic E-state index is 14.7. The Morgan fingerprint density at radius 2 is 1.76 bits per heavy atom. The molecule has 4 atom stereocenters. The molecule has 6 aliphatic rings. The van der Waals surface area contributed by atoms with E-state index in [2.05, 4.69) is 41.3 Å². The fourth-order valence-electron chi connectivity index (χ4n) is 9.41. The van der Waals surface area contributed by atoms with E-state index in [4.69, 9.17) is 4.74 Å². The van der Waals surface area contributed by atoms with Crippen LogP contribution in [0.3, 0.4) is 0 Å². The van der Waals surface area contributed by atoms with E-state index in [0.29, 0.717) is 31.4 Å². The van der Waals surface area contributed by atoms with Gasteiger partial charge in [0.1, 0.15) is 0 Å². The summed E-state index contributed by atoms with van der Waals surface area (Å²) in [6, 6.07) is 16.4. The molecule has 3 aromatic carbocycles. The number of carbonyl (C=O) groups excluding carboxylic acids is 1. The van der Waals surface area contributed by atoms with Crippen LogP contribution in [0.1, 0.15) is 47.9 Å². The lowest BCUT2D eigenvalue weighted by molar-refractivity contribution is -0.210. The van der Waals surface area contributed by atoms with Crippen molar-refractivity contribution >= 4 is 16.6 Å². The van der Waals surface area contributed by atoms with E-state index in [9.17, 15) is 15.0 Å². The van der Waals surface area contributed by atoms with Crippen molar-refractivity contribution in [3.05, 3.63) is 70.8 Å². The second-order valence-electron chi connectivity index (χ2n) is 12.9. The minimum atomic E-state index is -1.09. The maximum atomic E-state index is 14.7. The number of ketones is 1. The Labute approximate surface area is 216 Å². The number of aliphatic hydroxyl groups is 1. The summed E-state index contributed by atoms with van der Waals surface area (Å²) in [5, 5.41) is 26.5. The predicted octanol–water partition coefficient (Wildman–Crippen LogP) is 4.07. The van der Waals surface area contributed by atoms with Crippen molar-refractivity contribution in [2.75, 3.05) is 13.1 Å². The number of nitrogens with zero attached hydrogens (tertiary/aromatic N) is 1. The van der Waals surface area contributed by atoms with Crippen molar-refractivity contribution in [2.24, 2.45) is 11.3 Å². The van der Waals surface area contributed by atoms with Gasteiger partial charge in [-0.25, -0.2) is 0 Å². The number of likely N-dealkylation sites (tertiary alicyclic amines) is 1. The zero-order chi connectivity index (χ0) is 24.7. The number of hydrogen-bond acceptors (Lipinski definition) is 5. The Balaban J connectivity index is 1.26. The Morgan fingerprint density at radius 1 is 1.00 bits per heavy atom. The zero-order valence-electron chi connectivity index (χ0n) is 20.9. The molecule has 2 N–H and O–H groups in total. The van der Waals surface area contributed by atoms with E-state index in [1.54, 1.807) is 6.07 Å². The fraction of sp³-hybridized carbons (Fsp3) is 0.469. The molecule has 0 radical (unpaired) electrons. The smallest absolute Gasteiger partial charge is 0.181 e. The number of phenolic OH excluding ortho intramolecular Hbond substituents is 1. The summed E-state index contributed by atoms with van der Waals surface area (Å²) >= 11 is 0. The highest BCUT2D eigenvalue weighted by atomic mass is 16.5. The van der Waals surface area contributed by atoms with Gasteiger partial charge >= 0.3 is 0 Å². The summed E-state index contributed by atoms with van der Waals surface area (Å²) in [5.74, 6) is 1.37. The van der Waals surface area contributed by atoms with Gasteiger partial charge in [-0.15, -0.1) is 0 Å². The third-order valence-electron chi connectivity index (χ3n) is 11.0. The van der Waals surface area contributed by atoms with Crippen LogP contribution in [0, 0.1) is 11.3 Å². The molecule has 5 heteroatoms. The van der Waals surface area contributed by atoms with Crippen LogP contribution in [-0.2, 0) is 29.5 Å². The van der Waals surface area contributed by atoms with E-state index in [1.165, 1.54) is 34.7 Å². The average molecular weight is 494 g/mol. The van der Waals surface area contributed by atoms with Crippen molar-refractivity contribution in [3.8, 4) is 11.5 Å². The number of benzene rings is 3. The van der Waals surface area contributed by atoms with Gasteiger partial charge in [0.25, 0.3) is 0 Å². The number of aromatic hydroxyl groups is 1. The van der Waals surface area contributed by atoms with Crippen LogP contribution in [0.25, 0.3) is 10.8 Å². The number of piperidine rings is 1. The first kappa shape index (κ1) is 21.1. The van der Waals surface area contributed by atoms with Crippen LogP contribution >= 0.6 is 0 Å². The molecule has 9 rings (SSSR count). The highest BCUT2D eigenvalue weighted by Crippen LogP contribution is 2.68. The molecule has 0 amide bonds. The summed E-state index contributed by atoms with van der Waals surface area (Å²) in [5.41, 5.74) is 1.85. The van der Waals surface area contributed by atoms with Crippen molar-refractivity contribution < 1.29 is 19.7 Å². The summed E-state index contributed by atoms with van der Waals surface area (Å²) < 4.78 is 6.53. The summed E-state index contributed by atoms with van der Waals surface area (Å²) in [6.45, 7) is 1.89. The fourth-order valence-corrected chi connectivity index (χ4v) is 9.41. The number of ether oxygens (including phenoxy) is 1. The molecule has 188 valence electrons. The lowest BCUT2D eigenvalue weighted by atomic mass is 9.43. The van der Waals surface area contributed by atoms with Gasteiger partial charge in [0, 0.05) is 23.6 Å². The van der Waals surface area contributed by atoms with Crippen molar-refractivity contribution in [1.82, 2.24) is 4.90 Å². The summed E-state index contributed by atoms with van der Waals surface area (Å²) in [6.07, 6.45) is 4.92. The van der Waals surface area contributed by atoms with Crippen LogP contribution in [0.2, 0.25) is 0 Å². The Bertz CT molecular complexity index is 1500. The quantitative estimate of drug-likeness (QED) is 0.563. The maximum Gasteiger partial charge on any atom is 0.181 e. The van der Waals surface area contributed by atoms with Crippen LogP contribution in [0.4, 0.5) is 0 Å². The van der Waals surface area contributed by atoms with Gasteiger partial charge in [0.15, 0.2) is 23.4 Å². The molecule has 5 nitrogen and oxygen atoms in total. The molecular formula is C32H31NO4. The Kier molecular flexibility index (Phi) is 3.74. The minimum absolute atomic E-state index is 0.0473. The van der Waals surface area contributed by atoms with Crippen molar-refractivity contribution in [2.45, 2.75) is 68.1 Å². The molecule has 37 heavy (non-hydrogen) atoms. The summed E-state index contributed by atoms with van der Waals surface area (Å²) in [4.78, 5) is 17.3. The minimum Gasteiger partial charge on any atom is -0.504 e. The van der Waals surface area contributed by atoms with Gasteiger partial charge in [-0.05, 0) is 90.9 Å². The number of phenols is 1. The monoisotopic (exact) mass is 493 g/mol. The molecule has 2 spiro atoms. The van der Waals surface area contributed by atoms with E-state index < -0.39 is 22.5 Å². The number of Topliss-reactive ketones (excluding diaryl/α,β-unsaturated/α-hetero) is 1. The largest absolute Gasteiger partial charge is 0.504 e. The van der Waals surface area contributed by atoms with Crippen LogP contribution < -0.4 is 4.74 Å². The van der Waals surface area contributed by atoms with Gasteiger partial charge < -0.3 is 14.9 Å². The SMILES string of the molecule is O=C1[C@@H]2Oc3c(O)ccc4c3[C@@]23CCN(CC2CC2)[C@H](C4)[C@]3(O)CC12Cc1cccc3cccc(c13)C2. The van der Waals surface area contributed by atoms with Crippen LogP contribution in [0.5, 0.6) is 11.5 Å². The van der Waals surface area contributed by atoms with Crippen LogP contribution in [-0.4, -0.2) is 51.7 Å². The van der Waals surface area contributed by atoms with Crippen molar-refractivity contribution in [3.63, 3.8) is 0 Å². The van der Waals surface area contributed by atoms with E-state index in [-0.39, 0.29) is 17.6 Å². The predicted molar refractivity (Wildman–Crippen MR) is 139 cm³/mol.